The average molecular weight is 423 g/mol. The number of ether oxygens (including phenoxy) is 2. The summed E-state index contributed by atoms with van der Waals surface area (Å²) >= 11 is 0. The van der Waals surface area contributed by atoms with Crippen LogP contribution in [0.1, 0.15) is 37.0 Å². The molecule has 0 spiro atoms. The lowest BCUT2D eigenvalue weighted by Gasteiger charge is -2.26. The third-order valence-electron chi connectivity index (χ3n) is 4.82. The lowest BCUT2D eigenvalue weighted by molar-refractivity contribution is -0.153. The molecule has 2 aromatic carbocycles. The van der Waals surface area contributed by atoms with Crippen molar-refractivity contribution in [3.63, 3.8) is 0 Å². The van der Waals surface area contributed by atoms with Gasteiger partial charge in [0, 0.05) is 18.4 Å². The Bertz CT molecular complexity index is 846. The minimum Gasteiger partial charge on any atom is -0.493 e. The molecule has 0 aliphatic carbocycles. The van der Waals surface area contributed by atoms with E-state index in [4.69, 9.17) is 9.47 Å². The SMILES string of the molecule is COc1cc(CCC(=O)NCC(C)(C)c2ccc(C)cc2)ccc1OCC(F)(F)F. The van der Waals surface area contributed by atoms with Gasteiger partial charge >= 0.3 is 6.18 Å². The molecule has 30 heavy (non-hydrogen) atoms. The zero-order chi connectivity index (χ0) is 22.4. The number of hydrogen-bond donors (Lipinski definition) is 1. The largest absolute Gasteiger partial charge is 0.493 e. The quantitative estimate of drug-likeness (QED) is 0.619. The van der Waals surface area contributed by atoms with Crippen molar-refractivity contribution in [1.29, 1.82) is 0 Å². The maximum absolute atomic E-state index is 12.3. The highest BCUT2D eigenvalue weighted by Gasteiger charge is 2.29. The fourth-order valence-electron chi connectivity index (χ4n) is 2.92. The van der Waals surface area contributed by atoms with Gasteiger partial charge < -0.3 is 14.8 Å². The Labute approximate surface area is 175 Å². The Morgan fingerprint density at radius 1 is 1.03 bits per heavy atom. The molecule has 0 aromatic heterocycles. The average Bonchev–Trinajstić information content (AvgIpc) is 2.69. The van der Waals surface area contributed by atoms with Crippen LogP contribution in [-0.4, -0.2) is 32.3 Å². The van der Waals surface area contributed by atoms with E-state index in [9.17, 15) is 18.0 Å². The van der Waals surface area contributed by atoms with Crippen molar-refractivity contribution in [2.24, 2.45) is 0 Å². The molecular formula is C23H28F3NO3. The molecule has 0 saturated heterocycles. The van der Waals surface area contributed by atoms with E-state index in [-0.39, 0.29) is 29.2 Å². The minimum atomic E-state index is -4.42. The summed E-state index contributed by atoms with van der Waals surface area (Å²) < 4.78 is 46.9. The van der Waals surface area contributed by atoms with E-state index in [0.29, 0.717) is 13.0 Å². The first-order valence-corrected chi connectivity index (χ1v) is 9.70. The van der Waals surface area contributed by atoms with Gasteiger partial charge in [-0.15, -0.1) is 0 Å². The third kappa shape index (κ3) is 7.28. The standard InChI is InChI=1S/C23H28F3NO3/c1-16-5-9-18(10-6-16)22(2,3)14-27-21(28)12-8-17-7-11-19(20(13-17)29-4)30-15-23(24,25)26/h5-7,9-11,13H,8,12,14-15H2,1-4H3,(H,27,28). The zero-order valence-electron chi connectivity index (χ0n) is 17.7. The summed E-state index contributed by atoms with van der Waals surface area (Å²) in [6.07, 6.45) is -3.73. The molecule has 0 bridgehead atoms. The number of rotatable bonds is 9. The Morgan fingerprint density at radius 3 is 2.30 bits per heavy atom. The van der Waals surface area contributed by atoms with Crippen LogP contribution in [0.5, 0.6) is 11.5 Å². The molecule has 1 amide bonds. The zero-order valence-corrected chi connectivity index (χ0v) is 17.7. The van der Waals surface area contributed by atoms with Gasteiger partial charge in [-0.3, -0.25) is 4.79 Å². The highest BCUT2D eigenvalue weighted by Crippen LogP contribution is 2.30. The Balaban J connectivity index is 1.88. The summed E-state index contributed by atoms with van der Waals surface area (Å²) in [6.45, 7) is 5.29. The Morgan fingerprint density at radius 2 is 1.70 bits per heavy atom. The van der Waals surface area contributed by atoms with Crippen molar-refractivity contribution in [3.8, 4) is 11.5 Å². The van der Waals surface area contributed by atoms with Gasteiger partial charge in [0.05, 0.1) is 7.11 Å². The molecule has 4 nitrogen and oxygen atoms in total. The number of hydrogen-bond acceptors (Lipinski definition) is 3. The van der Waals surface area contributed by atoms with Crippen LogP contribution in [0.2, 0.25) is 0 Å². The molecule has 2 rings (SSSR count). The summed E-state index contributed by atoms with van der Waals surface area (Å²) in [5, 5.41) is 2.96. The van der Waals surface area contributed by atoms with Crippen molar-refractivity contribution in [2.75, 3.05) is 20.3 Å². The number of carbonyl (C=O) groups is 1. The van der Waals surface area contributed by atoms with E-state index in [1.54, 1.807) is 12.1 Å². The third-order valence-corrected chi connectivity index (χ3v) is 4.82. The molecule has 1 N–H and O–H groups in total. The van der Waals surface area contributed by atoms with Crippen molar-refractivity contribution in [1.82, 2.24) is 5.32 Å². The number of benzene rings is 2. The molecule has 0 atom stereocenters. The maximum atomic E-state index is 12.3. The smallest absolute Gasteiger partial charge is 0.422 e. The molecule has 0 aliphatic heterocycles. The monoisotopic (exact) mass is 423 g/mol. The van der Waals surface area contributed by atoms with Gasteiger partial charge in [0.15, 0.2) is 18.1 Å². The van der Waals surface area contributed by atoms with E-state index in [0.717, 1.165) is 11.1 Å². The first-order valence-electron chi connectivity index (χ1n) is 9.70. The van der Waals surface area contributed by atoms with Gasteiger partial charge in [-0.05, 0) is 36.6 Å². The molecule has 164 valence electrons. The van der Waals surface area contributed by atoms with Crippen molar-refractivity contribution in [2.45, 2.75) is 45.2 Å². The van der Waals surface area contributed by atoms with Crippen LogP contribution in [0.25, 0.3) is 0 Å². The molecule has 0 heterocycles. The lowest BCUT2D eigenvalue weighted by atomic mass is 9.84. The van der Waals surface area contributed by atoms with E-state index < -0.39 is 12.8 Å². The van der Waals surface area contributed by atoms with Gasteiger partial charge in [-0.25, -0.2) is 0 Å². The second-order valence-corrected chi connectivity index (χ2v) is 7.92. The number of carbonyl (C=O) groups excluding carboxylic acids is 1. The summed E-state index contributed by atoms with van der Waals surface area (Å²) in [4.78, 5) is 12.3. The molecular weight excluding hydrogens is 395 g/mol. The Kier molecular flexibility index (Phi) is 7.76. The van der Waals surface area contributed by atoms with Gasteiger partial charge in [0.1, 0.15) is 0 Å². The van der Waals surface area contributed by atoms with Crippen LogP contribution in [0, 0.1) is 6.92 Å². The van der Waals surface area contributed by atoms with E-state index >= 15 is 0 Å². The van der Waals surface area contributed by atoms with E-state index in [2.05, 4.69) is 31.3 Å². The van der Waals surface area contributed by atoms with Crippen LogP contribution < -0.4 is 14.8 Å². The van der Waals surface area contributed by atoms with Crippen molar-refractivity contribution >= 4 is 5.91 Å². The highest BCUT2D eigenvalue weighted by molar-refractivity contribution is 5.76. The first-order chi connectivity index (χ1) is 14.0. The maximum Gasteiger partial charge on any atom is 0.422 e. The number of amides is 1. The summed E-state index contributed by atoms with van der Waals surface area (Å²) in [6, 6.07) is 12.9. The van der Waals surface area contributed by atoms with Crippen LogP contribution >= 0.6 is 0 Å². The predicted molar refractivity (Wildman–Crippen MR) is 110 cm³/mol. The number of aryl methyl sites for hydroxylation is 2. The summed E-state index contributed by atoms with van der Waals surface area (Å²) in [7, 11) is 1.36. The Hall–Kier alpha value is -2.70. The van der Waals surface area contributed by atoms with Gasteiger partial charge in [-0.1, -0.05) is 49.7 Å². The van der Waals surface area contributed by atoms with E-state index in [1.807, 2.05) is 19.1 Å². The number of alkyl halides is 3. The normalized spacial score (nSPS) is 11.8. The van der Waals surface area contributed by atoms with Crippen LogP contribution in [-0.2, 0) is 16.6 Å². The van der Waals surface area contributed by atoms with Crippen LogP contribution in [0.15, 0.2) is 42.5 Å². The molecule has 0 radical (unpaired) electrons. The number of halogens is 3. The molecule has 0 aliphatic rings. The minimum absolute atomic E-state index is 0.0165. The van der Waals surface area contributed by atoms with Crippen LogP contribution in [0.4, 0.5) is 13.2 Å². The molecule has 0 unspecified atom stereocenters. The molecule has 7 heteroatoms. The highest BCUT2D eigenvalue weighted by atomic mass is 19.4. The van der Waals surface area contributed by atoms with Gasteiger partial charge in [0.25, 0.3) is 0 Å². The molecule has 0 saturated carbocycles. The topological polar surface area (TPSA) is 47.6 Å². The molecule has 2 aromatic rings. The second-order valence-electron chi connectivity index (χ2n) is 7.92. The second kappa shape index (κ2) is 9.87. The molecule has 0 fully saturated rings. The fraction of sp³-hybridized carbons (Fsp3) is 0.435. The van der Waals surface area contributed by atoms with E-state index in [1.165, 1.54) is 18.7 Å². The summed E-state index contributed by atoms with van der Waals surface area (Å²) in [5.41, 5.74) is 2.90. The lowest BCUT2D eigenvalue weighted by Crippen LogP contribution is -2.36. The van der Waals surface area contributed by atoms with Crippen LogP contribution in [0.3, 0.4) is 0 Å². The van der Waals surface area contributed by atoms with Gasteiger partial charge in [0.2, 0.25) is 5.91 Å². The fourth-order valence-corrected chi connectivity index (χ4v) is 2.92. The van der Waals surface area contributed by atoms with Crippen molar-refractivity contribution < 1.29 is 27.4 Å². The first kappa shape index (κ1) is 23.6. The predicted octanol–water partition coefficient (Wildman–Crippen LogP) is 4.97. The van der Waals surface area contributed by atoms with Gasteiger partial charge in [-0.2, -0.15) is 13.2 Å². The number of methoxy groups -OCH3 is 1. The number of nitrogens with one attached hydrogen (secondary N) is 1. The van der Waals surface area contributed by atoms with Crippen molar-refractivity contribution in [3.05, 3.63) is 59.2 Å². The summed E-state index contributed by atoms with van der Waals surface area (Å²) in [5.74, 6) is 0.132.